The second kappa shape index (κ2) is 6.69. The first-order valence-electron chi connectivity index (χ1n) is 6.22. The number of hydrogen-bond donors (Lipinski definition) is 1. The molecule has 1 aliphatic rings. The highest BCUT2D eigenvalue weighted by atomic mass is 35.5. The van der Waals surface area contributed by atoms with Crippen molar-refractivity contribution in [3.05, 3.63) is 29.6 Å². The van der Waals surface area contributed by atoms with Gasteiger partial charge in [0, 0.05) is 25.7 Å². The monoisotopic (exact) mass is 362 g/mol. The fourth-order valence-corrected chi connectivity index (χ4v) is 3.93. The van der Waals surface area contributed by atoms with Crippen molar-refractivity contribution < 1.29 is 26.0 Å². The molecule has 0 amide bonds. The smallest absolute Gasteiger partial charge is 0.312 e. The quantitative estimate of drug-likeness (QED) is 0.821. The zero-order valence-electron chi connectivity index (χ0n) is 11.5. The van der Waals surface area contributed by atoms with Crippen LogP contribution in [0.4, 0.5) is 17.6 Å². The highest BCUT2D eigenvalue weighted by Crippen LogP contribution is 2.35. The number of halogens is 5. The van der Waals surface area contributed by atoms with Gasteiger partial charge in [0.05, 0.1) is 10.5 Å². The Hall–Kier alpha value is -0.900. The van der Waals surface area contributed by atoms with Crippen LogP contribution in [0.1, 0.15) is 12.5 Å². The van der Waals surface area contributed by atoms with Gasteiger partial charge in [0.2, 0.25) is 10.0 Å². The van der Waals surface area contributed by atoms with Gasteiger partial charge in [-0.2, -0.15) is 17.5 Å². The van der Waals surface area contributed by atoms with Crippen LogP contribution in [0.2, 0.25) is 0 Å². The van der Waals surface area contributed by atoms with E-state index in [-0.39, 0.29) is 37.6 Å². The Morgan fingerprint density at radius 1 is 1.32 bits per heavy atom. The third kappa shape index (κ3) is 3.89. The number of rotatable bonds is 2. The molecule has 1 heterocycles. The summed E-state index contributed by atoms with van der Waals surface area (Å²) < 4.78 is 77.6. The number of nitrogens with zero attached hydrogens (tertiary/aromatic N) is 1. The molecular weight excluding hydrogens is 348 g/mol. The van der Waals surface area contributed by atoms with Gasteiger partial charge in [-0.15, -0.1) is 12.4 Å². The van der Waals surface area contributed by atoms with Crippen molar-refractivity contribution in [3.63, 3.8) is 0 Å². The molecular formula is C12H15ClF4N2O2S. The van der Waals surface area contributed by atoms with E-state index >= 15 is 0 Å². The van der Waals surface area contributed by atoms with E-state index in [4.69, 9.17) is 0 Å². The van der Waals surface area contributed by atoms with Crippen LogP contribution in [0, 0.1) is 5.82 Å². The van der Waals surface area contributed by atoms with Crippen molar-refractivity contribution in [1.29, 1.82) is 0 Å². The summed E-state index contributed by atoms with van der Waals surface area (Å²) in [7, 11) is -4.32. The largest absolute Gasteiger partial charge is 0.417 e. The molecule has 1 fully saturated rings. The van der Waals surface area contributed by atoms with E-state index in [1.807, 2.05) is 0 Å². The van der Waals surface area contributed by atoms with E-state index in [0.29, 0.717) is 18.7 Å². The van der Waals surface area contributed by atoms with Crippen LogP contribution in [-0.4, -0.2) is 38.4 Å². The lowest BCUT2D eigenvalue weighted by atomic mass is 10.2. The van der Waals surface area contributed by atoms with Crippen LogP contribution in [0.3, 0.4) is 0 Å². The summed E-state index contributed by atoms with van der Waals surface area (Å²) in [5.41, 5.74) is -1.48. The molecule has 1 aliphatic heterocycles. The molecule has 0 aliphatic carbocycles. The molecule has 4 nitrogen and oxygen atoms in total. The van der Waals surface area contributed by atoms with Gasteiger partial charge in [0.25, 0.3) is 0 Å². The van der Waals surface area contributed by atoms with E-state index in [2.05, 4.69) is 5.32 Å². The van der Waals surface area contributed by atoms with Gasteiger partial charge in [-0.1, -0.05) is 0 Å². The topological polar surface area (TPSA) is 49.4 Å². The molecule has 1 atom stereocenters. The van der Waals surface area contributed by atoms with E-state index in [9.17, 15) is 26.0 Å². The van der Waals surface area contributed by atoms with E-state index in [1.54, 1.807) is 6.92 Å². The first-order chi connectivity index (χ1) is 9.62. The Morgan fingerprint density at radius 2 is 1.95 bits per heavy atom. The van der Waals surface area contributed by atoms with E-state index in [0.717, 1.165) is 4.31 Å². The number of hydrogen-bond acceptors (Lipinski definition) is 3. The number of piperazine rings is 1. The van der Waals surface area contributed by atoms with Crippen LogP contribution >= 0.6 is 12.4 Å². The van der Waals surface area contributed by atoms with Gasteiger partial charge in [-0.3, -0.25) is 0 Å². The van der Waals surface area contributed by atoms with Gasteiger partial charge in [-0.25, -0.2) is 12.8 Å². The van der Waals surface area contributed by atoms with Crippen molar-refractivity contribution >= 4 is 22.4 Å². The zero-order valence-corrected chi connectivity index (χ0v) is 13.2. The summed E-state index contributed by atoms with van der Waals surface area (Å²) in [5.74, 6) is -1.13. The minimum Gasteiger partial charge on any atom is -0.312 e. The minimum absolute atomic E-state index is 0. The van der Waals surface area contributed by atoms with E-state index in [1.165, 1.54) is 0 Å². The normalized spacial score (nSPS) is 20.5. The predicted molar refractivity (Wildman–Crippen MR) is 74.9 cm³/mol. The Labute approximate surface area is 132 Å². The third-order valence-electron chi connectivity index (χ3n) is 3.20. The molecule has 0 radical (unpaired) electrons. The van der Waals surface area contributed by atoms with Crippen LogP contribution in [-0.2, 0) is 16.2 Å². The van der Waals surface area contributed by atoms with E-state index < -0.39 is 32.5 Å². The maximum atomic E-state index is 13.1. The molecule has 0 saturated carbocycles. The molecule has 126 valence electrons. The van der Waals surface area contributed by atoms with Gasteiger partial charge in [-0.05, 0) is 25.1 Å². The van der Waals surface area contributed by atoms with Crippen LogP contribution < -0.4 is 5.32 Å². The SMILES string of the molecule is CC1CN(S(=O)(=O)c2ccc(F)cc2C(F)(F)F)CCN1.Cl. The fourth-order valence-electron chi connectivity index (χ4n) is 2.20. The Bertz CT molecular complexity index is 637. The average molecular weight is 363 g/mol. The van der Waals surface area contributed by atoms with Crippen molar-refractivity contribution in [2.24, 2.45) is 0 Å². The van der Waals surface area contributed by atoms with Crippen molar-refractivity contribution in [1.82, 2.24) is 9.62 Å². The maximum absolute atomic E-state index is 13.1. The third-order valence-corrected chi connectivity index (χ3v) is 5.12. The van der Waals surface area contributed by atoms with Crippen LogP contribution in [0.25, 0.3) is 0 Å². The Kier molecular flexibility index (Phi) is 5.82. The molecule has 0 aromatic heterocycles. The predicted octanol–water partition coefficient (Wildman–Crippen LogP) is 2.25. The molecule has 1 saturated heterocycles. The van der Waals surface area contributed by atoms with Crippen LogP contribution in [0.15, 0.2) is 23.1 Å². The summed E-state index contributed by atoms with van der Waals surface area (Å²) in [6.45, 7) is 2.22. The van der Waals surface area contributed by atoms with Gasteiger partial charge in [0.15, 0.2) is 0 Å². The molecule has 1 unspecified atom stereocenters. The Balaban J connectivity index is 0.00000242. The van der Waals surface area contributed by atoms with Gasteiger partial charge < -0.3 is 5.32 Å². The van der Waals surface area contributed by atoms with Gasteiger partial charge in [0.1, 0.15) is 5.82 Å². The number of alkyl halides is 3. The second-order valence-corrected chi connectivity index (χ2v) is 6.76. The summed E-state index contributed by atoms with van der Waals surface area (Å²) in [6.07, 6.45) is -4.94. The first-order valence-corrected chi connectivity index (χ1v) is 7.66. The second-order valence-electron chi connectivity index (χ2n) is 4.86. The Morgan fingerprint density at radius 3 is 2.50 bits per heavy atom. The molecule has 1 N–H and O–H groups in total. The fraction of sp³-hybridized carbons (Fsp3) is 0.500. The number of nitrogens with one attached hydrogen (secondary N) is 1. The maximum Gasteiger partial charge on any atom is 0.417 e. The van der Waals surface area contributed by atoms with Crippen molar-refractivity contribution in [2.45, 2.75) is 24.0 Å². The van der Waals surface area contributed by atoms with Crippen molar-refractivity contribution in [3.8, 4) is 0 Å². The van der Waals surface area contributed by atoms with Gasteiger partial charge >= 0.3 is 6.18 Å². The summed E-state index contributed by atoms with van der Waals surface area (Å²) in [5, 5.41) is 3.00. The summed E-state index contributed by atoms with van der Waals surface area (Å²) in [6, 6.07) is 1.43. The zero-order chi connectivity index (χ0) is 15.8. The number of benzene rings is 1. The lowest BCUT2D eigenvalue weighted by molar-refractivity contribution is -0.140. The van der Waals surface area contributed by atoms with Crippen molar-refractivity contribution in [2.75, 3.05) is 19.6 Å². The molecule has 2 rings (SSSR count). The summed E-state index contributed by atoms with van der Waals surface area (Å²) in [4.78, 5) is -0.912. The minimum atomic E-state index is -4.94. The molecule has 0 spiro atoms. The molecule has 0 bridgehead atoms. The lowest BCUT2D eigenvalue weighted by Crippen LogP contribution is -2.51. The summed E-state index contributed by atoms with van der Waals surface area (Å²) >= 11 is 0. The molecule has 10 heteroatoms. The van der Waals surface area contributed by atoms with Crippen LogP contribution in [0.5, 0.6) is 0 Å². The highest BCUT2D eigenvalue weighted by molar-refractivity contribution is 7.89. The first kappa shape index (κ1) is 19.1. The number of sulfonamides is 1. The molecule has 22 heavy (non-hydrogen) atoms. The molecule has 1 aromatic carbocycles. The standard InChI is InChI=1S/C12H14F4N2O2S.ClH/c1-8-7-18(5-4-17-8)21(19,20)11-3-2-9(13)6-10(11)12(14,15)16;/h2-3,6,8,17H,4-5,7H2,1H3;1H. The highest BCUT2D eigenvalue weighted by Gasteiger charge is 2.40. The molecule has 1 aromatic rings. The average Bonchev–Trinajstić information content (AvgIpc) is 2.37. The lowest BCUT2D eigenvalue weighted by Gasteiger charge is -2.31.